The summed E-state index contributed by atoms with van der Waals surface area (Å²) >= 11 is 1.96. The second kappa shape index (κ2) is 11.3. The summed E-state index contributed by atoms with van der Waals surface area (Å²) in [5.41, 5.74) is 8.29. The first-order valence-electron chi connectivity index (χ1n) is 8.72. The molecule has 1 fully saturated rings. The molecule has 5 nitrogen and oxygen atoms in total. The summed E-state index contributed by atoms with van der Waals surface area (Å²) in [7, 11) is 1.65. The fraction of sp³-hybridized carbons (Fsp3) is 0.350. The third kappa shape index (κ3) is 6.49. The molecule has 0 unspecified atom stereocenters. The summed E-state index contributed by atoms with van der Waals surface area (Å²) < 4.78 is 11.4. The van der Waals surface area contributed by atoms with E-state index in [1.807, 2.05) is 60.3 Å². The molecule has 2 aromatic rings. The molecule has 0 amide bonds. The zero-order chi connectivity index (χ0) is 18.2. The van der Waals surface area contributed by atoms with Gasteiger partial charge in [0.1, 0.15) is 6.61 Å². The lowest BCUT2D eigenvalue weighted by atomic mass is 10.2. The van der Waals surface area contributed by atoms with Crippen LogP contribution in [0.5, 0.6) is 11.5 Å². The maximum atomic E-state index is 6.12. The van der Waals surface area contributed by atoms with Crippen LogP contribution in [0.4, 0.5) is 0 Å². The predicted octanol–water partition coefficient (Wildman–Crippen LogP) is 3.76. The summed E-state index contributed by atoms with van der Waals surface area (Å²) in [6.07, 6.45) is 0. The molecule has 1 aliphatic heterocycles. The summed E-state index contributed by atoms with van der Waals surface area (Å²) in [4.78, 5) is 6.68. The highest BCUT2D eigenvalue weighted by molar-refractivity contribution is 14.0. The first kappa shape index (κ1) is 21.7. The third-order valence-electron chi connectivity index (χ3n) is 4.22. The Kier molecular flexibility index (Phi) is 9.06. The Hall–Kier alpha value is -1.61. The zero-order valence-electron chi connectivity index (χ0n) is 15.5. The van der Waals surface area contributed by atoms with Crippen LogP contribution in [0.2, 0.25) is 0 Å². The second-order valence-corrected chi connectivity index (χ2v) is 7.26. The van der Waals surface area contributed by atoms with Crippen molar-refractivity contribution in [2.45, 2.75) is 13.2 Å². The summed E-state index contributed by atoms with van der Waals surface area (Å²) in [6, 6.07) is 16.0. The molecular weight excluding hydrogens is 473 g/mol. The second-order valence-electron chi connectivity index (χ2n) is 6.03. The van der Waals surface area contributed by atoms with Gasteiger partial charge in [-0.1, -0.05) is 36.4 Å². The maximum absolute atomic E-state index is 6.12. The number of nitrogens with zero attached hydrogens (tertiary/aromatic N) is 2. The van der Waals surface area contributed by atoms with Crippen molar-refractivity contribution in [3.05, 3.63) is 59.7 Å². The van der Waals surface area contributed by atoms with E-state index in [-0.39, 0.29) is 24.0 Å². The highest BCUT2D eigenvalue weighted by Crippen LogP contribution is 2.29. The van der Waals surface area contributed by atoms with Crippen molar-refractivity contribution >= 4 is 41.7 Å². The first-order valence-corrected chi connectivity index (χ1v) is 9.88. The minimum absolute atomic E-state index is 0. The van der Waals surface area contributed by atoms with E-state index in [1.54, 1.807) is 7.11 Å². The minimum Gasteiger partial charge on any atom is -0.493 e. The normalized spacial score (nSPS) is 14.4. The van der Waals surface area contributed by atoms with Crippen LogP contribution in [0.15, 0.2) is 53.5 Å². The number of methoxy groups -OCH3 is 1. The van der Waals surface area contributed by atoms with Crippen molar-refractivity contribution in [1.29, 1.82) is 0 Å². The molecule has 0 saturated carbocycles. The molecule has 0 bridgehead atoms. The average molecular weight is 499 g/mol. The van der Waals surface area contributed by atoms with Gasteiger partial charge in [0.05, 0.1) is 13.7 Å². The van der Waals surface area contributed by atoms with Crippen molar-refractivity contribution in [1.82, 2.24) is 4.90 Å². The van der Waals surface area contributed by atoms with E-state index in [4.69, 9.17) is 15.2 Å². The van der Waals surface area contributed by atoms with Crippen molar-refractivity contribution in [3.63, 3.8) is 0 Å². The van der Waals surface area contributed by atoms with Gasteiger partial charge in [-0.05, 0) is 23.3 Å². The first-order chi connectivity index (χ1) is 12.8. The zero-order valence-corrected chi connectivity index (χ0v) is 18.6. The molecule has 0 aliphatic carbocycles. The molecule has 7 heteroatoms. The molecule has 1 saturated heterocycles. The highest BCUT2D eigenvalue weighted by atomic mass is 127. The Morgan fingerprint density at radius 1 is 1.07 bits per heavy atom. The molecule has 0 radical (unpaired) electrons. The number of hydrogen-bond donors (Lipinski definition) is 1. The lowest BCUT2D eigenvalue weighted by Crippen LogP contribution is -2.42. The van der Waals surface area contributed by atoms with E-state index in [9.17, 15) is 0 Å². The van der Waals surface area contributed by atoms with Gasteiger partial charge in [-0.3, -0.25) is 0 Å². The van der Waals surface area contributed by atoms with E-state index in [0.717, 1.165) is 41.5 Å². The number of halogens is 1. The van der Waals surface area contributed by atoms with Crippen LogP contribution in [0.1, 0.15) is 11.1 Å². The van der Waals surface area contributed by atoms with Gasteiger partial charge in [-0.2, -0.15) is 11.8 Å². The Morgan fingerprint density at radius 3 is 2.52 bits per heavy atom. The number of nitrogens with two attached hydrogens (primary N) is 1. The summed E-state index contributed by atoms with van der Waals surface area (Å²) in [5.74, 6) is 4.27. The van der Waals surface area contributed by atoms with Crippen LogP contribution in [0.25, 0.3) is 0 Å². The number of aliphatic imine (C=N–C) groups is 1. The van der Waals surface area contributed by atoms with E-state index in [0.29, 0.717) is 24.9 Å². The summed E-state index contributed by atoms with van der Waals surface area (Å²) in [6.45, 7) is 2.98. The number of ether oxygens (including phenoxy) is 2. The molecule has 0 spiro atoms. The molecule has 146 valence electrons. The van der Waals surface area contributed by atoms with Crippen molar-refractivity contribution in [3.8, 4) is 11.5 Å². The van der Waals surface area contributed by atoms with Crippen LogP contribution >= 0.6 is 35.7 Å². The lowest BCUT2D eigenvalue weighted by molar-refractivity contribution is 0.284. The predicted molar refractivity (Wildman–Crippen MR) is 123 cm³/mol. The Balaban J connectivity index is 0.00000261. The number of guanidine groups is 1. The Morgan fingerprint density at radius 2 is 1.81 bits per heavy atom. The quantitative estimate of drug-likeness (QED) is 0.373. The number of hydrogen-bond acceptors (Lipinski definition) is 4. The fourth-order valence-electron chi connectivity index (χ4n) is 2.73. The minimum atomic E-state index is 0. The number of benzene rings is 2. The maximum Gasteiger partial charge on any atom is 0.191 e. The van der Waals surface area contributed by atoms with Gasteiger partial charge in [0.25, 0.3) is 0 Å². The molecule has 2 aromatic carbocycles. The van der Waals surface area contributed by atoms with Gasteiger partial charge in [0.15, 0.2) is 17.5 Å². The third-order valence-corrected chi connectivity index (χ3v) is 5.17. The van der Waals surface area contributed by atoms with Crippen LogP contribution < -0.4 is 15.2 Å². The SMILES string of the molecule is COc1cc(CN=C(N)N2CCSCC2)ccc1OCc1ccccc1.I. The van der Waals surface area contributed by atoms with E-state index in [1.165, 1.54) is 0 Å². The van der Waals surface area contributed by atoms with Crippen LogP contribution in [0.3, 0.4) is 0 Å². The van der Waals surface area contributed by atoms with E-state index >= 15 is 0 Å². The van der Waals surface area contributed by atoms with Gasteiger partial charge in [-0.25, -0.2) is 4.99 Å². The van der Waals surface area contributed by atoms with Gasteiger partial charge in [0, 0.05) is 24.6 Å². The molecule has 1 heterocycles. The largest absolute Gasteiger partial charge is 0.493 e. The molecule has 2 N–H and O–H groups in total. The fourth-order valence-corrected chi connectivity index (χ4v) is 3.63. The molecule has 3 rings (SSSR count). The van der Waals surface area contributed by atoms with E-state index in [2.05, 4.69) is 9.89 Å². The molecule has 0 aromatic heterocycles. The van der Waals surface area contributed by atoms with Gasteiger partial charge in [0.2, 0.25) is 0 Å². The molecule has 1 aliphatic rings. The van der Waals surface area contributed by atoms with Gasteiger partial charge in [-0.15, -0.1) is 24.0 Å². The standard InChI is InChI=1S/C20H25N3O2S.HI/c1-24-19-13-17(14-22-20(21)23-9-11-26-12-10-23)7-8-18(19)25-15-16-5-3-2-4-6-16;/h2-8,13H,9-12,14-15H2,1H3,(H2,21,22);1H. The Bertz CT molecular complexity index is 737. The molecular formula is C20H26IN3O2S. The molecule has 27 heavy (non-hydrogen) atoms. The Labute approximate surface area is 182 Å². The average Bonchev–Trinajstić information content (AvgIpc) is 2.72. The van der Waals surface area contributed by atoms with Crippen LogP contribution in [-0.2, 0) is 13.2 Å². The van der Waals surface area contributed by atoms with Crippen molar-refractivity contribution < 1.29 is 9.47 Å². The number of rotatable bonds is 6. The summed E-state index contributed by atoms with van der Waals surface area (Å²) in [5, 5.41) is 0. The van der Waals surface area contributed by atoms with Crippen molar-refractivity contribution in [2.24, 2.45) is 10.7 Å². The van der Waals surface area contributed by atoms with Crippen LogP contribution in [0, 0.1) is 0 Å². The smallest absolute Gasteiger partial charge is 0.191 e. The van der Waals surface area contributed by atoms with Gasteiger partial charge >= 0.3 is 0 Å². The number of thioether (sulfide) groups is 1. The monoisotopic (exact) mass is 499 g/mol. The van der Waals surface area contributed by atoms with Crippen LogP contribution in [-0.4, -0.2) is 42.6 Å². The van der Waals surface area contributed by atoms with E-state index < -0.39 is 0 Å². The lowest BCUT2D eigenvalue weighted by Gasteiger charge is -2.27. The van der Waals surface area contributed by atoms with Crippen molar-refractivity contribution in [2.75, 3.05) is 31.7 Å². The van der Waals surface area contributed by atoms with Gasteiger partial charge < -0.3 is 20.1 Å². The highest BCUT2D eigenvalue weighted by Gasteiger charge is 2.12. The molecule has 0 atom stereocenters. The topological polar surface area (TPSA) is 60.1 Å².